The van der Waals surface area contributed by atoms with Crippen LogP contribution >= 0.6 is 63.7 Å². The fourth-order valence-electron chi connectivity index (χ4n) is 8.27. The number of carbonyl (C=O) groups is 1. The van der Waals surface area contributed by atoms with E-state index < -0.39 is 49.7 Å². The zero-order valence-corrected chi connectivity index (χ0v) is 38.4. The van der Waals surface area contributed by atoms with Crippen LogP contribution in [0.5, 0.6) is 0 Å². The molecule has 324 valence electrons. The highest BCUT2D eigenvalue weighted by atomic mass is 35.5. The highest BCUT2D eigenvalue weighted by Gasteiger charge is 2.69. The Bertz CT molecular complexity index is 1930. The number of fused-ring (bicyclic) bond motifs is 2. The molecule has 4 aromatic rings. The van der Waals surface area contributed by atoms with E-state index in [1.165, 1.54) is 0 Å². The van der Waals surface area contributed by atoms with Gasteiger partial charge >= 0.3 is 0 Å². The third-order valence-electron chi connectivity index (χ3n) is 11.6. The van der Waals surface area contributed by atoms with Crippen molar-refractivity contribution in [2.45, 2.75) is 124 Å². The lowest BCUT2D eigenvalue weighted by Gasteiger charge is -2.45. The van der Waals surface area contributed by atoms with Crippen LogP contribution in [0.15, 0.2) is 97.1 Å². The minimum atomic E-state index is -2.41. The van der Waals surface area contributed by atoms with Crippen LogP contribution in [0.2, 0.25) is 28.2 Å². The predicted molar refractivity (Wildman–Crippen MR) is 264 cm³/mol. The van der Waals surface area contributed by atoms with Crippen molar-refractivity contribution < 1.29 is 18.7 Å². The smallest absolute Gasteiger partial charge is 0.237 e. The predicted octanol–water partition coefficient (Wildman–Crippen LogP) is 13.3. The molecule has 6 rings (SSSR count). The number of nitrogens with one attached hydrogen (secondary N) is 1. The minimum Gasteiger partial charge on any atom is -0.415 e. The number of benzene rings is 4. The highest BCUT2D eigenvalue weighted by molar-refractivity contribution is 7.59. The Hall–Kier alpha value is -1.99. The second kappa shape index (κ2) is 21.2. The van der Waals surface area contributed by atoms with E-state index in [9.17, 15) is 5.11 Å². The molecule has 1 spiro atoms. The van der Waals surface area contributed by atoms with Crippen LogP contribution in [0.1, 0.15) is 111 Å². The van der Waals surface area contributed by atoms with Crippen molar-refractivity contribution in [1.82, 2.24) is 4.90 Å². The van der Waals surface area contributed by atoms with Crippen LogP contribution in [0.3, 0.4) is 0 Å². The Kier molecular flexibility index (Phi) is 20.5. The molecule has 1 saturated heterocycles. The molecule has 0 bridgehead atoms. The summed E-state index contributed by atoms with van der Waals surface area (Å²) in [6.07, 6.45) is -0.460. The summed E-state index contributed by atoms with van der Waals surface area (Å²) in [6, 6.07) is 28.4. The Labute approximate surface area is 381 Å². The first-order valence-corrected chi connectivity index (χ1v) is 21.8. The Morgan fingerprint density at radius 3 is 1.93 bits per heavy atom. The summed E-state index contributed by atoms with van der Waals surface area (Å²) in [5, 5.41) is 16.2. The van der Waals surface area contributed by atoms with Crippen molar-refractivity contribution in [3.8, 4) is 0 Å². The molecule has 2 heterocycles. The van der Waals surface area contributed by atoms with E-state index in [0.717, 1.165) is 16.7 Å². The van der Waals surface area contributed by atoms with E-state index in [4.69, 9.17) is 27.6 Å². The number of halogens is 3. The fraction of sp³-hybridized carbons (Fsp3) is 0.457. The molecule has 5 nitrogen and oxygen atoms in total. The molecule has 1 fully saturated rings. The van der Waals surface area contributed by atoms with Gasteiger partial charge in [0.05, 0.1) is 23.8 Å². The van der Waals surface area contributed by atoms with Crippen molar-refractivity contribution in [3.63, 3.8) is 0 Å². The second-order valence-electron chi connectivity index (χ2n) is 17.2. The highest BCUT2D eigenvalue weighted by Crippen LogP contribution is 2.63. The van der Waals surface area contributed by atoms with Crippen molar-refractivity contribution in [3.05, 3.63) is 135 Å². The molecular formula is C46H69Cl2FN2O3S3Si. The number of hydrogen-bond donors (Lipinski definition) is 2. The van der Waals surface area contributed by atoms with Gasteiger partial charge in [0.25, 0.3) is 0 Å². The van der Waals surface area contributed by atoms with Gasteiger partial charge in [0, 0.05) is 28.7 Å². The van der Waals surface area contributed by atoms with E-state index in [2.05, 4.69) is 64.9 Å². The second-order valence-corrected chi connectivity index (χ2v) is 22.9. The Morgan fingerprint density at radius 1 is 0.845 bits per heavy atom. The maximum atomic E-state index is 16.8. The van der Waals surface area contributed by atoms with Crippen LogP contribution in [0, 0.1) is 11.2 Å². The molecular weight excluding hydrogens is 843 g/mol. The molecule has 0 aromatic heterocycles. The van der Waals surface area contributed by atoms with Gasteiger partial charge in [-0.3, -0.25) is 9.69 Å². The SMILES string of the molecule is C.C.C.CC(C)(C)C[C@H]1N([C@H](c2ccccc2)[C@@H](O)c2ccccc2)[C@@H](CO[Si](C)(C)C(C)(C)C)[C@H](c2cccc(Cl)c2F)[C@@]12C(=O)Nc1cc(Cl)ccc12.S.S.S. The normalized spacial score (nSPS) is 21.0. The quantitative estimate of drug-likeness (QED) is 0.164. The van der Waals surface area contributed by atoms with Crippen LogP contribution in [-0.4, -0.2) is 42.9 Å². The summed E-state index contributed by atoms with van der Waals surface area (Å²) >= 11 is 13.2. The van der Waals surface area contributed by atoms with Crippen LogP contribution < -0.4 is 5.32 Å². The lowest BCUT2D eigenvalue weighted by molar-refractivity contribution is -0.123. The number of carbonyl (C=O) groups excluding carboxylic acids is 1. The number of hydrogen-bond acceptors (Lipinski definition) is 4. The van der Waals surface area contributed by atoms with E-state index in [1.807, 2.05) is 66.7 Å². The maximum Gasteiger partial charge on any atom is 0.237 e. The van der Waals surface area contributed by atoms with Crippen LogP contribution in [0.25, 0.3) is 0 Å². The molecule has 6 atom stereocenters. The third-order valence-corrected chi connectivity index (χ3v) is 16.7. The first-order valence-electron chi connectivity index (χ1n) is 18.1. The molecule has 4 aromatic carbocycles. The number of amides is 1. The van der Waals surface area contributed by atoms with Crippen molar-refractivity contribution >= 4 is 83.6 Å². The fourth-order valence-corrected chi connectivity index (χ4v) is 9.64. The topological polar surface area (TPSA) is 61.8 Å². The summed E-state index contributed by atoms with van der Waals surface area (Å²) in [6.45, 7) is 17.7. The molecule has 0 radical (unpaired) electrons. The molecule has 0 aliphatic carbocycles. The van der Waals surface area contributed by atoms with Gasteiger partial charge in [-0.1, -0.05) is 166 Å². The number of anilines is 1. The minimum absolute atomic E-state index is 0. The summed E-state index contributed by atoms with van der Waals surface area (Å²) in [5.41, 5.74) is 1.71. The molecule has 2 aliphatic rings. The van der Waals surface area contributed by atoms with Gasteiger partial charge in [-0.2, -0.15) is 40.5 Å². The molecule has 2 N–H and O–H groups in total. The lowest BCUT2D eigenvalue weighted by Crippen LogP contribution is -2.52. The monoisotopic (exact) mass is 910 g/mol. The standard InChI is InChI=1S/C43H51Cl2FN2O3Si.3CH4.3H2S/c1-41(2,3)25-35-43(31-23-22-29(44)24-33(31)47-40(43)50)36(30-20-15-21-32(45)37(30)46)34(26-51-52(7,8)42(4,5)6)48(35)38(27-16-11-9-12-17-27)39(49)28-18-13-10-14-19-28;;;;;;/h9-24,34-36,38-39,49H,25-26H2,1-8H3,(H,47,50);3*1H4;3*1H2/t34-,35+,36-,38+,39-,43-;;;;;;/m0....../s1. The number of aliphatic hydroxyl groups excluding tert-OH is 1. The summed E-state index contributed by atoms with van der Waals surface area (Å²) in [4.78, 5) is 17.6. The van der Waals surface area contributed by atoms with Crippen molar-refractivity contribution in [1.29, 1.82) is 0 Å². The number of likely N-dealkylation sites (tertiary alicyclic amines) is 1. The summed E-state index contributed by atoms with van der Waals surface area (Å²) in [7, 11) is -2.41. The summed E-state index contributed by atoms with van der Waals surface area (Å²) < 4.78 is 24.0. The average Bonchev–Trinajstić information content (AvgIpc) is 3.51. The van der Waals surface area contributed by atoms with Crippen LogP contribution in [0.4, 0.5) is 10.1 Å². The van der Waals surface area contributed by atoms with Gasteiger partial charge in [0.15, 0.2) is 8.32 Å². The molecule has 0 unspecified atom stereocenters. The largest absolute Gasteiger partial charge is 0.415 e. The first kappa shape index (κ1) is 56.0. The van der Waals surface area contributed by atoms with E-state index in [-0.39, 0.29) is 90.8 Å². The first-order chi connectivity index (χ1) is 24.4. The number of rotatable bonds is 9. The van der Waals surface area contributed by atoms with Gasteiger partial charge in [-0.15, -0.1) is 0 Å². The van der Waals surface area contributed by atoms with Gasteiger partial charge in [-0.05, 0) is 70.4 Å². The van der Waals surface area contributed by atoms with Gasteiger partial charge in [0.1, 0.15) is 11.2 Å². The molecule has 58 heavy (non-hydrogen) atoms. The van der Waals surface area contributed by atoms with Crippen molar-refractivity contribution in [2.75, 3.05) is 11.9 Å². The zero-order valence-electron chi connectivity index (χ0n) is 32.9. The molecule has 2 aliphatic heterocycles. The van der Waals surface area contributed by atoms with Crippen LogP contribution in [-0.2, 0) is 14.6 Å². The van der Waals surface area contributed by atoms with E-state index in [1.54, 1.807) is 30.3 Å². The van der Waals surface area contributed by atoms with Gasteiger partial charge in [0.2, 0.25) is 5.91 Å². The average molecular weight is 912 g/mol. The zero-order chi connectivity index (χ0) is 37.8. The van der Waals surface area contributed by atoms with E-state index in [0.29, 0.717) is 22.7 Å². The molecule has 12 heteroatoms. The summed E-state index contributed by atoms with van der Waals surface area (Å²) in [5.74, 6) is -1.55. The third kappa shape index (κ3) is 10.4. The Morgan fingerprint density at radius 2 is 1.40 bits per heavy atom. The lowest BCUT2D eigenvalue weighted by atomic mass is 9.62. The van der Waals surface area contributed by atoms with Crippen molar-refractivity contribution in [2.24, 2.45) is 5.41 Å². The van der Waals surface area contributed by atoms with E-state index >= 15 is 9.18 Å². The Balaban J connectivity index is 0.00000541. The molecule has 0 saturated carbocycles. The van der Waals surface area contributed by atoms with Gasteiger partial charge < -0.3 is 14.8 Å². The molecule has 1 amide bonds. The van der Waals surface area contributed by atoms with Gasteiger partial charge in [-0.25, -0.2) is 4.39 Å². The number of nitrogens with zero attached hydrogens (tertiary/aromatic N) is 1. The maximum absolute atomic E-state index is 16.8. The number of aliphatic hydroxyl groups is 1.